The molecular formula is C39H46S3. The van der Waals surface area contributed by atoms with Crippen LogP contribution in [0.15, 0.2) is 84.9 Å². The fourth-order valence-corrected chi connectivity index (χ4v) is 10.4. The molecule has 5 aromatic rings. The van der Waals surface area contributed by atoms with Crippen LogP contribution in [0.1, 0.15) is 106 Å². The van der Waals surface area contributed by atoms with Crippen molar-refractivity contribution in [1.82, 2.24) is 0 Å². The molecule has 5 rings (SSSR count). The average molecular weight is 611 g/mol. The molecule has 0 N–H and O–H groups in total. The Bertz CT molecular complexity index is 1650. The Balaban J connectivity index is 1.61. The first-order valence-electron chi connectivity index (χ1n) is 15.2. The Labute approximate surface area is 266 Å². The molecule has 0 aliphatic carbocycles. The van der Waals surface area contributed by atoms with Crippen LogP contribution in [0.25, 0.3) is 20.9 Å². The van der Waals surface area contributed by atoms with Gasteiger partial charge < -0.3 is 0 Å². The first kappa shape index (κ1) is 31.0. The van der Waals surface area contributed by atoms with Gasteiger partial charge in [-0.3, -0.25) is 0 Å². The summed E-state index contributed by atoms with van der Waals surface area (Å²) in [7, 11) is 0. The summed E-state index contributed by atoms with van der Waals surface area (Å²) in [6.07, 6.45) is 1.07. The Kier molecular flexibility index (Phi) is 8.28. The fourth-order valence-electron chi connectivity index (χ4n) is 5.79. The third kappa shape index (κ3) is 5.73. The van der Waals surface area contributed by atoms with Crippen LogP contribution >= 0.6 is 34.0 Å². The molecule has 0 nitrogen and oxygen atoms in total. The maximum absolute atomic E-state index is 2.48. The smallest absolute Gasteiger partial charge is 0.0362 e. The van der Waals surface area contributed by atoms with Gasteiger partial charge >= 0.3 is 0 Å². The molecule has 0 aliphatic heterocycles. The van der Waals surface area contributed by atoms with E-state index in [0.29, 0.717) is 0 Å². The van der Waals surface area contributed by atoms with Gasteiger partial charge in [-0.05, 0) is 70.7 Å². The number of thiophene rings is 3. The molecule has 0 aliphatic rings. The van der Waals surface area contributed by atoms with Crippen LogP contribution < -0.4 is 0 Å². The number of hydrogen-bond donors (Lipinski definition) is 0. The summed E-state index contributed by atoms with van der Waals surface area (Å²) < 4.78 is 0. The number of rotatable bonds is 7. The molecule has 3 heteroatoms. The third-order valence-corrected chi connectivity index (χ3v) is 13.4. The molecule has 0 saturated heterocycles. The molecule has 0 saturated carbocycles. The van der Waals surface area contributed by atoms with Crippen LogP contribution in [0.4, 0.5) is 0 Å². The molecule has 42 heavy (non-hydrogen) atoms. The van der Waals surface area contributed by atoms with E-state index in [2.05, 4.69) is 154 Å². The van der Waals surface area contributed by atoms with Crippen molar-refractivity contribution in [1.29, 1.82) is 0 Å². The molecule has 1 atom stereocenters. The van der Waals surface area contributed by atoms with Crippen molar-refractivity contribution < 1.29 is 0 Å². The standard InChI is InChI=1S/C39H46S3/c1-11-39(10,35-29(37(5,6)7)25-31(41-35)27-20-16-13-17-21-27)33-23-22-32(42-33)38(8,9)34-28(36(2,3)4)24-30(40-34)26-18-14-12-15-19-26/h12-25H,11H2,1-10H3. The SMILES string of the molecule is CCC(C)(c1ccc(C(C)(C)c2sc(-c3ccccc3)cc2C(C)(C)C)s1)c1sc(-c2ccccc2)cc1C(C)(C)C. The lowest BCUT2D eigenvalue weighted by molar-refractivity contribution is 0.529. The first-order chi connectivity index (χ1) is 19.7. The van der Waals surface area contributed by atoms with E-state index >= 15 is 0 Å². The van der Waals surface area contributed by atoms with E-state index < -0.39 is 0 Å². The minimum Gasteiger partial charge on any atom is -0.143 e. The second-order valence-corrected chi connectivity index (χ2v) is 17.6. The molecule has 1 unspecified atom stereocenters. The van der Waals surface area contributed by atoms with Crippen molar-refractivity contribution in [2.45, 2.75) is 97.3 Å². The minimum absolute atomic E-state index is 0.0448. The van der Waals surface area contributed by atoms with E-state index in [1.807, 2.05) is 34.0 Å². The summed E-state index contributed by atoms with van der Waals surface area (Å²) in [6, 6.07) is 31.5. The predicted octanol–water partition coefficient (Wildman–Crippen LogP) is 12.8. The summed E-state index contributed by atoms with van der Waals surface area (Å²) >= 11 is 5.99. The van der Waals surface area contributed by atoms with Crippen molar-refractivity contribution in [3.63, 3.8) is 0 Å². The van der Waals surface area contributed by atoms with E-state index in [0.717, 1.165) is 6.42 Å². The van der Waals surface area contributed by atoms with Crippen LogP contribution in [-0.4, -0.2) is 0 Å². The van der Waals surface area contributed by atoms with E-state index in [4.69, 9.17) is 0 Å². The predicted molar refractivity (Wildman–Crippen MR) is 190 cm³/mol. The summed E-state index contributed by atoms with van der Waals surface area (Å²) in [5.74, 6) is 0. The third-order valence-electron chi connectivity index (χ3n) is 8.74. The van der Waals surface area contributed by atoms with Gasteiger partial charge in [0.15, 0.2) is 0 Å². The summed E-state index contributed by atoms with van der Waals surface area (Å²) in [5.41, 5.74) is 5.57. The van der Waals surface area contributed by atoms with Crippen LogP contribution in [0.3, 0.4) is 0 Å². The Hall–Kier alpha value is -2.46. The number of benzene rings is 2. The monoisotopic (exact) mass is 610 g/mol. The highest BCUT2D eigenvalue weighted by molar-refractivity contribution is 7.17. The fraction of sp³-hybridized carbons (Fsp3) is 0.385. The molecule has 0 spiro atoms. The van der Waals surface area contributed by atoms with Gasteiger partial charge in [-0.2, -0.15) is 0 Å². The largest absolute Gasteiger partial charge is 0.143 e. The van der Waals surface area contributed by atoms with E-state index in [9.17, 15) is 0 Å². The van der Waals surface area contributed by atoms with Crippen molar-refractivity contribution >= 4 is 34.0 Å². The summed E-state index contributed by atoms with van der Waals surface area (Å²) in [6.45, 7) is 23.9. The van der Waals surface area contributed by atoms with Crippen molar-refractivity contribution in [3.8, 4) is 20.9 Å². The normalized spacial score (nSPS) is 14.2. The van der Waals surface area contributed by atoms with Gasteiger partial charge in [-0.15, -0.1) is 34.0 Å². The van der Waals surface area contributed by atoms with Gasteiger partial charge in [0.25, 0.3) is 0 Å². The van der Waals surface area contributed by atoms with Crippen LogP contribution in [0.5, 0.6) is 0 Å². The molecule has 220 valence electrons. The molecule has 0 amide bonds. The van der Waals surface area contributed by atoms with Crippen LogP contribution in [0, 0.1) is 0 Å². The maximum Gasteiger partial charge on any atom is 0.0362 e. The van der Waals surface area contributed by atoms with E-state index in [1.54, 1.807) is 0 Å². The van der Waals surface area contributed by atoms with E-state index in [-0.39, 0.29) is 21.7 Å². The van der Waals surface area contributed by atoms with Crippen LogP contribution in [-0.2, 0) is 21.7 Å². The quantitative estimate of drug-likeness (QED) is 0.172. The summed E-state index contributed by atoms with van der Waals surface area (Å²) in [5, 5.41) is 0. The topological polar surface area (TPSA) is 0 Å². The lowest BCUT2D eigenvalue weighted by atomic mass is 9.76. The van der Waals surface area contributed by atoms with Crippen molar-refractivity contribution in [2.75, 3.05) is 0 Å². The lowest BCUT2D eigenvalue weighted by Gasteiger charge is -2.32. The zero-order chi connectivity index (χ0) is 30.5. The van der Waals surface area contributed by atoms with Gasteiger partial charge in [-0.1, -0.05) is 123 Å². The zero-order valence-electron chi connectivity index (χ0n) is 27.0. The average Bonchev–Trinajstić information content (AvgIpc) is 3.72. The van der Waals surface area contributed by atoms with Crippen molar-refractivity contribution in [2.24, 2.45) is 0 Å². The zero-order valence-corrected chi connectivity index (χ0v) is 29.5. The van der Waals surface area contributed by atoms with Crippen molar-refractivity contribution in [3.05, 3.63) is 116 Å². The second-order valence-electron chi connectivity index (χ2n) is 14.4. The highest BCUT2D eigenvalue weighted by Gasteiger charge is 2.39. The Morgan fingerprint density at radius 1 is 0.500 bits per heavy atom. The van der Waals surface area contributed by atoms with Gasteiger partial charge in [0.1, 0.15) is 0 Å². The molecule has 0 bridgehead atoms. The summed E-state index contributed by atoms with van der Waals surface area (Å²) in [4.78, 5) is 8.65. The lowest BCUT2D eigenvalue weighted by Crippen LogP contribution is -2.25. The molecule has 3 heterocycles. The first-order valence-corrected chi connectivity index (χ1v) is 17.6. The Morgan fingerprint density at radius 3 is 1.38 bits per heavy atom. The van der Waals surface area contributed by atoms with Gasteiger partial charge in [0, 0.05) is 40.1 Å². The molecule has 2 aromatic carbocycles. The van der Waals surface area contributed by atoms with E-state index in [1.165, 1.54) is 51.5 Å². The molecule has 0 fully saturated rings. The highest BCUT2D eigenvalue weighted by Crippen LogP contribution is 2.52. The second kappa shape index (κ2) is 11.2. The molecule has 0 radical (unpaired) electrons. The Morgan fingerprint density at radius 2 is 0.929 bits per heavy atom. The van der Waals surface area contributed by atoms with Gasteiger partial charge in [-0.25, -0.2) is 0 Å². The highest BCUT2D eigenvalue weighted by atomic mass is 32.1. The number of hydrogen-bond acceptors (Lipinski definition) is 3. The molecular weight excluding hydrogens is 565 g/mol. The van der Waals surface area contributed by atoms with Gasteiger partial charge in [0.05, 0.1) is 0 Å². The molecule has 3 aromatic heterocycles. The maximum atomic E-state index is 2.48. The van der Waals surface area contributed by atoms with Crippen LogP contribution in [0.2, 0.25) is 0 Å². The minimum atomic E-state index is -0.0879. The van der Waals surface area contributed by atoms with Gasteiger partial charge in [0.2, 0.25) is 0 Å².